The van der Waals surface area contributed by atoms with E-state index in [1.165, 1.54) is 0 Å². The number of allylic oxidation sites excluding steroid dienone is 1. The van der Waals surface area contributed by atoms with Gasteiger partial charge < -0.3 is 5.11 Å². The summed E-state index contributed by atoms with van der Waals surface area (Å²) in [6.07, 6.45) is -24.0. The number of pyridine rings is 1. The van der Waals surface area contributed by atoms with Crippen molar-refractivity contribution in [1.82, 2.24) is 4.98 Å². The molecule has 1 heterocycles. The Bertz CT molecular complexity index is 645. The number of hydrogen-bond acceptors (Lipinski definition) is 2. The predicted molar refractivity (Wildman–Crippen MR) is 100 cm³/mol. The number of hydrogen-bond donors (Lipinski definition) is 1. The minimum Gasteiger partial charge on any atom is -0.395 e. The van der Waals surface area contributed by atoms with E-state index in [9.17, 15) is 61.5 Å². The van der Waals surface area contributed by atoms with E-state index in [2.05, 4.69) is 11.6 Å². The summed E-state index contributed by atoms with van der Waals surface area (Å²) in [5.41, 5.74) is -10.5. The van der Waals surface area contributed by atoms with Crippen LogP contribution in [0.15, 0.2) is 43.2 Å². The summed E-state index contributed by atoms with van der Waals surface area (Å²) < 4.78 is 165. The highest BCUT2D eigenvalue weighted by Crippen LogP contribution is 2.50. The van der Waals surface area contributed by atoms with E-state index in [0.29, 0.717) is 0 Å². The second kappa shape index (κ2) is 13.1. The third kappa shape index (κ3) is 10.1. The SMILES string of the molecule is C=CCC(F)(C(F)(F)F)C(F)(F)F.OCC(I)CC(F)(C(F)(F)F)C(F)(F)F.c1ccncc1. The van der Waals surface area contributed by atoms with Crippen LogP contribution >= 0.6 is 22.6 Å². The molecule has 0 bridgehead atoms. The predicted octanol–water partition coefficient (Wildman–Crippen LogP) is 7.48. The van der Waals surface area contributed by atoms with Gasteiger partial charge in [0.1, 0.15) is 0 Å². The Morgan fingerprint density at radius 1 is 0.706 bits per heavy atom. The Kier molecular flexibility index (Phi) is 13.4. The van der Waals surface area contributed by atoms with E-state index in [1.807, 2.05) is 18.2 Å². The Hall–Kier alpha value is -1.40. The van der Waals surface area contributed by atoms with Gasteiger partial charge in [0.25, 0.3) is 5.67 Å². The molecule has 0 saturated heterocycles. The number of aromatic nitrogens is 1. The van der Waals surface area contributed by atoms with Crippen LogP contribution in [0.25, 0.3) is 0 Å². The van der Waals surface area contributed by atoms with E-state index in [-0.39, 0.29) is 6.08 Å². The molecule has 1 aromatic rings. The van der Waals surface area contributed by atoms with Gasteiger partial charge in [-0.1, -0.05) is 34.7 Å². The van der Waals surface area contributed by atoms with Crippen molar-refractivity contribution in [3.8, 4) is 0 Å². The van der Waals surface area contributed by atoms with Crippen LogP contribution in [-0.2, 0) is 0 Å². The second-order valence-corrected chi connectivity index (χ2v) is 7.86. The van der Waals surface area contributed by atoms with Crippen molar-refractivity contribution in [3.63, 3.8) is 0 Å². The average Bonchev–Trinajstić information content (AvgIpc) is 2.67. The Labute approximate surface area is 197 Å². The smallest absolute Gasteiger partial charge is 0.395 e. The van der Waals surface area contributed by atoms with Gasteiger partial charge in [0.05, 0.1) is 6.61 Å². The summed E-state index contributed by atoms with van der Waals surface area (Å²) in [6, 6.07) is 5.72. The van der Waals surface area contributed by atoms with Gasteiger partial charge in [-0.3, -0.25) is 4.98 Å². The molecule has 0 radical (unpaired) electrons. The standard InChI is InChI=1S/C6H6F7IO.C6H5F7.C5H5N/c7-4(5(8,9)10,6(11,12)13)1-3(14)2-15;1-2-3-4(7,5(8,9)10)6(11,12)13;1-2-4-6-5-3-1/h3,15H,1-2H2;2H,1,3H2;1-5H. The van der Waals surface area contributed by atoms with Crippen molar-refractivity contribution in [2.75, 3.05) is 6.61 Å². The van der Waals surface area contributed by atoms with Crippen molar-refractivity contribution in [1.29, 1.82) is 0 Å². The minimum atomic E-state index is -6.04. The molecule has 17 heteroatoms. The highest BCUT2D eigenvalue weighted by Gasteiger charge is 2.73. The average molecular weight is 643 g/mol. The summed E-state index contributed by atoms with van der Waals surface area (Å²) in [6.45, 7) is 1.67. The summed E-state index contributed by atoms with van der Waals surface area (Å²) in [5.74, 6) is 0. The maximum atomic E-state index is 12.9. The molecule has 1 atom stereocenters. The quantitative estimate of drug-likeness (QED) is 0.156. The fraction of sp³-hybridized carbons (Fsp3) is 0.588. The van der Waals surface area contributed by atoms with Gasteiger partial charge in [-0.2, -0.15) is 52.7 Å². The number of nitrogens with zero attached hydrogens (tertiary/aromatic N) is 1. The third-order valence-electron chi connectivity index (χ3n) is 3.49. The molecule has 1 rings (SSSR count). The van der Waals surface area contributed by atoms with E-state index in [4.69, 9.17) is 5.11 Å². The third-order valence-corrected chi connectivity index (χ3v) is 4.32. The van der Waals surface area contributed by atoms with E-state index >= 15 is 0 Å². The maximum absolute atomic E-state index is 12.9. The number of rotatable bonds is 5. The fourth-order valence-electron chi connectivity index (χ4n) is 1.67. The van der Waals surface area contributed by atoms with Crippen molar-refractivity contribution >= 4 is 22.6 Å². The van der Waals surface area contributed by atoms with E-state index in [1.54, 1.807) is 12.4 Å². The molecule has 200 valence electrons. The molecule has 34 heavy (non-hydrogen) atoms. The largest absolute Gasteiger partial charge is 0.431 e. The van der Waals surface area contributed by atoms with Gasteiger partial charge in [-0.25, -0.2) is 8.78 Å². The molecule has 0 saturated carbocycles. The van der Waals surface area contributed by atoms with E-state index in [0.717, 1.165) is 22.6 Å². The summed E-state index contributed by atoms with van der Waals surface area (Å²) >= 11 is 1.12. The van der Waals surface area contributed by atoms with Crippen molar-refractivity contribution in [3.05, 3.63) is 43.2 Å². The van der Waals surface area contributed by atoms with Crippen molar-refractivity contribution < 1.29 is 66.6 Å². The van der Waals surface area contributed by atoms with Gasteiger partial charge in [-0.15, -0.1) is 6.58 Å². The zero-order valence-electron chi connectivity index (χ0n) is 16.4. The van der Waals surface area contributed by atoms with Crippen LogP contribution in [-0.4, -0.2) is 56.7 Å². The number of alkyl halides is 15. The first-order chi connectivity index (χ1) is 15.0. The maximum Gasteiger partial charge on any atom is 0.431 e. The number of aliphatic hydroxyl groups is 1. The molecule has 1 unspecified atom stereocenters. The molecule has 0 fully saturated rings. The molecular weight excluding hydrogens is 627 g/mol. The first-order valence-electron chi connectivity index (χ1n) is 8.37. The fourth-order valence-corrected chi connectivity index (χ4v) is 2.27. The highest BCUT2D eigenvalue weighted by molar-refractivity contribution is 14.1. The van der Waals surface area contributed by atoms with E-state index < -0.39 is 59.4 Å². The first kappa shape index (κ1) is 34.8. The van der Waals surface area contributed by atoms with Crippen LogP contribution in [0.5, 0.6) is 0 Å². The summed E-state index contributed by atoms with van der Waals surface area (Å²) in [7, 11) is 0. The van der Waals surface area contributed by atoms with Crippen molar-refractivity contribution in [2.24, 2.45) is 0 Å². The van der Waals surface area contributed by atoms with Crippen LogP contribution < -0.4 is 0 Å². The van der Waals surface area contributed by atoms with Gasteiger partial charge in [0.15, 0.2) is 0 Å². The summed E-state index contributed by atoms with van der Waals surface area (Å²) in [5, 5.41) is 8.32. The van der Waals surface area contributed by atoms with Crippen LogP contribution in [0.2, 0.25) is 0 Å². The number of aliphatic hydroxyl groups excluding tert-OH is 1. The lowest BCUT2D eigenvalue weighted by Gasteiger charge is -2.31. The highest BCUT2D eigenvalue weighted by atomic mass is 127. The molecule has 2 nitrogen and oxygen atoms in total. The second-order valence-electron chi connectivity index (χ2n) is 6.09. The molecule has 0 amide bonds. The van der Waals surface area contributed by atoms with Gasteiger partial charge >= 0.3 is 30.4 Å². The van der Waals surface area contributed by atoms with Gasteiger partial charge in [-0.05, 0) is 12.1 Å². The van der Waals surface area contributed by atoms with Crippen LogP contribution in [0.1, 0.15) is 12.8 Å². The zero-order chi connectivity index (χ0) is 27.6. The van der Waals surface area contributed by atoms with Gasteiger partial charge in [0.2, 0.25) is 0 Å². The lowest BCUT2D eigenvalue weighted by atomic mass is 9.98. The molecule has 0 aliphatic rings. The Balaban J connectivity index is 0. The zero-order valence-corrected chi connectivity index (χ0v) is 18.6. The topological polar surface area (TPSA) is 33.1 Å². The molecule has 1 aromatic heterocycles. The normalized spacial score (nSPS) is 14.2. The monoisotopic (exact) mass is 643 g/mol. The van der Waals surface area contributed by atoms with Crippen LogP contribution in [0, 0.1) is 0 Å². The minimum absolute atomic E-state index is 0.237. The Morgan fingerprint density at radius 2 is 1.06 bits per heavy atom. The van der Waals surface area contributed by atoms with Crippen LogP contribution in [0.4, 0.5) is 61.5 Å². The van der Waals surface area contributed by atoms with Crippen molar-refractivity contribution in [2.45, 2.75) is 52.8 Å². The lowest BCUT2D eigenvalue weighted by Crippen LogP contribution is -2.54. The molecule has 0 aliphatic heterocycles. The molecule has 0 aliphatic carbocycles. The Morgan fingerprint density at radius 3 is 1.21 bits per heavy atom. The number of halogens is 15. The molecule has 0 spiro atoms. The van der Waals surface area contributed by atoms with Gasteiger partial charge in [0, 0.05) is 29.2 Å². The lowest BCUT2D eigenvalue weighted by molar-refractivity contribution is -0.343. The molecule has 1 N–H and O–H groups in total. The summed E-state index contributed by atoms with van der Waals surface area (Å²) in [4.78, 5) is 3.78. The first-order valence-corrected chi connectivity index (χ1v) is 9.62. The van der Waals surface area contributed by atoms with Crippen LogP contribution in [0.3, 0.4) is 0 Å². The molecule has 0 aromatic carbocycles. The molecular formula is C17H16F14INO.